The molecule has 0 fully saturated rings. The standard InChI is InChI=1S/C15H14Cl2N2O2/c1-9-2-4-12(17)14(6-9)21-8-15(20)19-13-7-10(18)3-5-11(13)16/h2-7H,8,18H2,1H3,(H,19,20). The highest BCUT2D eigenvalue weighted by Gasteiger charge is 2.09. The van der Waals surface area contributed by atoms with Crippen molar-refractivity contribution in [1.29, 1.82) is 0 Å². The summed E-state index contributed by atoms with van der Waals surface area (Å²) in [7, 11) is 0. The molecule has 0 saturated heterocycles. The minimum absolute atomic E-state index is 0.172. The predicted molar refractivity (Wildman–Crippen MR) is 86.2 cm³/mol. The molecule has 0 aromatic heterocycles. The first-order valence-corrected chi connectivity index (χ1v) is 6.95. The van der Waals surface area contributed by atoms with Crippen LogP contribution in [0.4, 0.5) is 11.4 Å². The van der Waals surface area contributed by atoms with E-state index in [-0.39, 0.29) is 12.5 Å². The molecular weight excluding hydrogens is 311 g/mol. The van der Waals surface area contributed by atoms with Crippen molar-refractivity contribution in [3.05, 3.63) is 52.0 Å². The van der Waals surface area contributed by atoms with Gasteiger partial charge in [-0.05, 0) is 42.8 Å². The Balaban J connectivity index is 1.99. The molecule has 0 radical (unpaired) electrons. The SMILES string of the molecule is Cc1ccc(Cl)c(OCC(=O)Nc2cc(N)ccc2Cl)c1. The largest absolute Gasteiger partial charge is 0.482 e. The Labute approximate surface area is 132 Å². The van der Waals surface area contributed by atoms with Gasteiger partial charge in [0.2, 0.25) is 0 Å². The van der Waals surface area contributed by atoms with Crippen LogP contribution in [0.2, 0.25) is 10.0 Å². The molecule has 2 aromatic carbocycles. The topological polar surface area (TPSA) is 64.3 Å². The molecule has 0 bridgehead atoms. The number of nitrogen functional groups attached to an aromatic ring is 1. The van der Waals surface area contributed by atoms with Crippen molar-refractivity contribution in [2.24, 2.45) is 0 Å². The fourth-order valence-corrected chi connectivity index (χ4v) is 2.03. The third kappa shape index (κ3) is 4.28. The molecule has 6 heteroatoms. The van der Waals surface area contributed by atoms with Crippen molar-refractivity contribution >= 4 is 40.5 Å². The highest BCUT2D eigenvalue weighted by Crippen LogP contribution is 2.26. The van der Waals surface area contributed by atoms with E-state index in [1.165, 1.54) is 0 Å². The number of halogens is 2. The number of carbonyl (C=O) groups is 1. The summed E-state index contributed by atoms with van der Waals surface area (Å²) < 4.78 is 5.40. The first-order valence-electron chi connectivity index (χ1n) is 6.19. The molecule has 110 valence electrons. The molecule has 2 rings (SSSR count). The predicted octanol–water partition coefficient (Wildman–Crippen LogP) is 3.90. The Kier molecular flexibility index (Phi) is 4.94. The van der Waals surface area contributed by atoms with Crippen LogP contribution in [0.3, 0.4) is 0 Å². The maximum Gasteiger partial charge on any atom is 0.262 e. The molecule has 0 spiro atoms. The summed E-state index contributed by atoms with van der Waals surface area (Å²) in [4.78, 5) is 11.9. The number of hydrogen-bond acceptors (Lipinski definition) is 3. The summed E-state index contributed by atoms with van der Waals surface area (Å²) in [6, 6.07) is 10.2. The second kappa shape index (κ2) is 6.70. The van der Waals surface area contributed by atoms with Crippen molar-refractivity contribution in [2.45, 2.75) is 6.92 Å². The number of rotatable bonds is 4. The highest BCUT2D eigenvalue weighted by molar-refractivity contribution is 6.34. The monoisotopic (exact) mass is 324 g/mol. The van der Waals surface area contributed by atoms with Crippen LogP contribution >= 0.6 is 23.2 Å². The Morgan fingerprint density at radius 1 is 1.19 bits per heavy atom. The van der Waals surface area contributed by atoms with Crippen LogP contribution in [0.1, 0.15) is 5.56 Å². The summed E-state index contributed by atoms with van der Waals surface area (Å²) in [5.74, 6) is 0.116. The molecule has 0 aliphatic rings. The second-order valence-corrected chi connectivity index (χ2v) is 5.32. The lowest BCUT2D eigenvalue weighted by Crippen LogP contribution is -2.20. The number of aryl methyl sites for hydroxylation is 1. The number of benzene rings is 2. The Hall–Kier alpha value is -1.91. The van der Waals surface area contributed by atoms with E-state index in [4.69, 9.17) is 33.7 Å². The molecule has 0 aliphatic heterocycles. The quantitative estimate of drug-likeness (QED) is 0.838. The second-order valence-electron chi connectivity index (χ2n) is 4.51. The van der Waals surface area contributed by atoms with Gasteiger partial charge in [0.15, 0.2) is 6.61 Å². The first-order chi connectivity index (χ1) is 9.95. The van der Waals surface area contributed by atoms with E-state index in [0.29, 0.717) is 27.2 Å². The highest BCUT2D eigenvalue weighted by atomic mass is 35.5. The Bertz CT molecular complexity index is 675. The van der Waals surface area contributed by atoms with Gasteiger partial charge in [-0.1, -0.05) is 29.3 Å². The lowest BCUT2D eigenvalue weighted by Gasteiger charge is -2.10. The maximum absolute atomic E-state index is 11.9. The molecule has 0 aliphatic carbocycles. The van der Waals surface area contributed by atoms with Gasteiger partial charge >= 0.3 is 0 Å². The van der Waals surface area contributed by atoms with Crippen molar-refractivity contribution < 1.29 is 9.53 Å². The van der Waals surface area contributed by atoms with E-state index in [9.17, 15) is 4.79 Å². The van der Waals surface area contributed by atoms with Crippen LogP contribution < -0.4 is 15.8 Å². The van der Waals surface area contributed by atoms with Crippen LogP contribution in [-0.4, -0.2) is 12.5 Å². The number of carbonyl (C=O) groups excluding carboxylic acids is 1. The van der Waals surface area contributed by atoms with Gasteiger partial charge in [0.25, 0.3) is 5.91 Å². The van der Waals surface area contributed by atoms with E-state index in [1.807, 2.05) is 13.0 Å². The number of amides is 1. The van der Waals surface area contributed by atoms with Crippen LogP contribution in [0.5, 0.6) is 5.75 Å². The lowest BCUT2D eigenvalue weighted by atomic mass is 10.2. The lowest BCUT2D eigenvalue weighted by molar-refractivity contribution is -0.118. The van der Waals surface area contributed by atoms with E-state index in [0.717, 1.165) is 5.56 Å². The van der Waals surface area contributed by atoms with Gasteiger partial charge in [-0.3, -0.25) is 4.79 Å². The smallest absolute Gasteiger partial charge is 0.262 e. The minimum atomic E-state index is -0.347. The first kappa shape index (κ1) is 15.5. The zero-order chi connectivity index (χ0) is 15.4. The summed E-state index contributed by atoms with van der Waals surface area (Å²) in [6.45, 7) is 1.74. The van der Waals surface area contributed by atoms with Crippen LogP contribution in [0.25, 0.3) is 0 Å². The van der Waals surface area contributed by atoms with Crippen molar-refractivity contribution in [3.8, 4) is 5.75 Å². The molecule has 0 atom stereocenters. The Morgan fingerprint density at radius 2 is 1.90 bits per heavy atom. The normalized spacial score (nSPS) is 10.2. The summed E-state index contributed by atoms with van der Waals surface area (Å²) in [5, 5.41) is 3.50. The third-order valence-electron chi connectivity index (χ3n) is 2.71. The van der Waals surface area contributed by atoms with Gasteiger partial charge in [0.05, 0.1) is 15.7 Å². The minimum Gasteiger partial charge on any atom is -0.482 e. The van der Waals surface area contributed by atoms with Crippen LogP contribution in [0, 0.1) is 6.92 Å². The number of ether oxygens (including phenoxy) is 1. The van der Waals surface area contributed by atoms with Crippen molar-refractivity contribution in [3.63, 3.8) is 0 Å². The van der Waals surface area contributed by atoms with E-state index in [1.54, 1.807) is 30.3 Å². The van der Waals surface area contributed by atoms with Crippen LogP contribution in [0.15, 0.2) is 36.4 Å². The van der Waals surface area contributed by atoms with Gasteiger partial charge in [-0.2, -0.15) is 0 Å². The van der Waals surface area contributed by atoms with Gasteiger partial charge < -0.3 is 15.8 Å². The molecule has 21 heavy (non-hydrogen) atoms. The average Bonchev–Trinajstić information content (AvgIpc) is 2.44. The number of anilines is 2. The molecule has 0 saturated carbocycles. The fraction of sp³-hybridized carbons (Fsp3) is 0.133. The third-order valence-corrected chi connectivity index (χ3v) is 3.35. The number of hydrogen-bond donors (Lipinski definition) is 2. The van der Waals surface area contributed by atoms with Gasteiger partial charge in [-0.15, -0.1) is 0 Å². The van der Waals surface area contributed by atoms with Crippen molar-refractivity contribution in [2.75, 3.05) is 17.7 Å². The molecule has 2 aromatic rings. The summed E-state index contributed by atoms with van der Waals surface area (Å²) >= 11 is 12.0. The number of nitrogens with two attached hydrogens (primary N) is 1. The molecule has 3 N–H and O–H groups in total. The zero-order valence-electron chi connectivity index (χ0n) is 11.3. The van der Waals surface area contributed by atoms with Crippen LogP contribution in [-0.2, 0) is 4.79 Å². The van der Waals surface area contributed by atoms with E-state index < -0.39 is 0 Å². The molecule has 1 amide bonds. The van der Waals surface area contributed by atoms with Gasteiger partial charge in [0, 0.05) is 5.69 Å². The number of nitrogens with one attached hydrogen (secondary N) is 1. The van der Waals surface area contributed by atoms with E-state index >= 15 is 0 Å². The van der Waals surface area contributed by atoms with Gasteiger partial charge in [-0.25, -0.2) is 0 Å². The molecular formula is C15H14Cl2N2O2. The van der Waals surface area contributed by atoms with Crippen molar-refractivity contribution in [1.82, 2.24) is 0 Å². The average molecular weight is 325 g/mol. The molecule has 0 heterocycles. The van der Waals surface area contributed by atoms with E-state index in [2.05, 4.69) is 5.32 Å². The summed E-state index contributed by atoms with van der Waals surface area (Å²) in [5.41, 5.74) is 7.60. The molecule has 0 unspecified atom stereocenters. The van der Waals surface area contributed by atoms with Gasteiger partial charge in [0.1, 0.15) is 5.75 Å². The zero-order valence-corrected chi connectivity index (χ0v) is 12.8. The Morgan fingerprint density at radius 3 is 2.67 bits per heavy atom. The molecule has 4 nitrogen and oxygen atoms in total. The maximum atomic E-state index is 11.9. The summed E-state index contributed by atoms with van der Waals surface area (Å²) in [6.07, 6.45) is 0. The fourth-order valence-electron chi connectivity index (χ4n) is 1.69.